The molecule has 0 fully saturated rings. The van der Waals surface area contributed by atoms with Crippen molar-refractivity contribution in [1.29, 1.82) is 0 Å². The highest BCUT2D eigenvalue weighted by Crippen LogP contribution is 2.26. The van der Waals surface area contributed by atoms with Gasteiger partial charge in [-0.2, -0.15) is 4.98 Å². The lowest BCUT2D eigenvalue weighted by Crippen LogP contribution is -2.31. The van der Waals surface area contributed by atoms with Crippen LogP contribution in [-0.4, -0.2) is 34.9 Å². The number of fused-ring (bicyclic) bond motifs is 1. The smallest absolute Gasteiger partial charge is 0.348 e. The van der Waals surface area contributed by atoms with Crippen LogP contribution in [0.4, 0.5) is 6.01 Å². The topological polar surface area (TPSA) is 105 Å². The molecule has 1 aliphatic rings. The average molecular weight is 460 g/mol. The predicted molar refractivity (Wildman–Crippen MR) is 137 cm³/mol. The third-order valence-corrected chi connectivity index (χ3v) is 5.55. The Labute approximate surface area is 198 Å². The van der Waals surface area contributed by atoms with E-state index in [1.807, 2.05) is 51.1 Å². The van der Waals surface area contributed by atoms with Crippen LogP contribution in [0.1, 0.15) is 30.0 Å². The molecule has 1 aromatic heterocycles. The zero-order chi connectivity index (χ0) is 24.7. The van der Waals surface area contributed by atoms with Crippen LogP contribution in [0.2, 0.25) is 0 Å². The molecule has 1 unspecified atom stereocenters. The molecule has 0 saturated heterocycles. The first-order valence-electron chi connectivity index (χ1n) is 11.1. The summed E-state index contributed by atoms with van der Waals surface area (Å²) in [6.45, 7) is 10.3. The summed E-state index contributed by atoms with van der Waals surface area (Å²) in [6, 6.07) is 0.468. The van der Waals surface area contributed by atoms with Gasteiger partial charge in [-0.3, -0.25) is 4.99 Å². The molecule has 0 bridgehead atoms. The number of nitrogens with one attached hydrogen (secondary N) is 1. The Morgan fingerprint density at radius 3 is 2.88 bits per heavy atom. The standard InChI is InChI=1S/C27H29N3O4/c1-5-6-7-8-10-17(2)24(25(31)32)30-27-29-22-15-18(3)21(19(4)23(22)26(33)34-27)16-20-11-9-13-28-14-12-20/h6-13,15,24H,2,5,14,16H2,1,3-4H3,(H,29,30)(H,31,32)/b7-6-,10-8-. The highest BCUT2D eigenvalue weighted by molar-refractivity contribution is 5.85. The summed E-state index contributed by atoms with van der Waals surface area (Å²) in [5.74, 6) is -1.16. The third-order valence-electron chi connectivity index (χ3n) is 5.55. The molecular formula is C27H29N3O4. The van der Waals surface area contributed by atoms with E-state index in [0.29, 0.717) is 29.4 Å². The van der Waals surface area contributed by atoms with Gasteiger partial charge < -0.3 is 14.8 Å². The molecule has 2 N–H and O–H groups in total. The van der Waals surface area contributed by atoms with Crippen LogP contribution in [0.5, 0.6) is 0 Å². The van der Waals surface area contributed by atoms with Gasteiger partial charge in [-0.25, -0.2) is 9.59 Å². The van der Waals surface area contributed by atoms with Crippen molar-refractivity contribution in [3.8, 4) is 0 Å². The Hall–Kier alpha value is -4.00. The van der Waals surface area contributed by atoms with E-state index in [4.69, 9.17) is 4.42 Å². The molecule has 7 nitrogen and oxygen atoms in total. The summed E-state index contributed by atoms with van der Waals surface area (Å²) in [6.07, 6.45) is 16.3. The monoisotopic (exact) mass is 459 g/mol. The molecule has 7 heteroatoms. The maximum absolute atomic E-state index is 12.9. The Morgan fingerprint density at radius 2 is 2.15 bits per heavy atom. The molecule has 0 saturated carbocycles. The summed E-state index contributed by atoms with van der Waals surface area (Å²) in [7, 11) is 0. The van der Waals surface area contributed by atoms with Crippen molar-refractivity contribution in [1.82, 2.24) is 4.98 Å². The molecule has 0 radical (unpaired) electrons. The van der Waals surface area contributed by atoms with Crippen molar-refractivity contribution in [2.24, 2.45) is 4.99 Å². The van der Waals surface area contributed by atoms with E-state index in [9.17, 15) is 14.7 Å². The number of rotatable bonds is 9. The Balaban J connectivity index is 1.94. The van der Waals surface area contributed by atoms with Crippen LogP contribution in [-0.2, 0) is 11.2 Å². The van der Waals surface area contributed by atoms with Crippen molar-refractivity contribution in [3.05, 3.63) is 93.4 Å². The summed E-state index contributed by atoms with van der Waals surface area (Å²) in [5, 5.41) is 12.7. The SMILES string of the molecule is C=C(/C=C\C=C/CC)C(Nc1nc2cc(C)c(CC3=CCN=CC=C3)c(C)c2c(=O)o1)C(=O)O. The zero-order valence-corrected chi connectivity index (χ0v) is 19.7. The maximum atomic E-state index is 12.9. The quantitative estimate of drug-likeness (QED) is 0.519. The van der Waals surface area contributed by atoms with Gasteiger partial charge in [-0.05, 0) is 66.7 Å². The molecule has 176 valence electrons. The number of carboxylic acid groups (broad SMARTS) is 1. The number of carboxylic acids is 1. The Kier molecular flexibility index (Phi) is 8.14. The van der Waals surface area contributed by atoms with Crippen LogP contribution < -0.4 is 10.9 Å². The van der Waals surface area contributed by atoms with Crippen LogP contribution >= 0.6 is 0 Å². The maximum Gasteiger partial charge on any atom is 0.348 e. The second-order valence-corrected chi connectivity index (χ2v) is 8.01. The zero-order valence-electron chi connectivity index (χ0n) is 19.7. The molecule has 0 aliphatic carbocycles. The van der Waals surface area contributed by atoms with Crippen molar-refractivity contribution in [2.75, 3.05) is 11.9 Å². The van der Waals surface area contributed by atoms with Crippen LogP contribution in [0.15, 0.2) is 80.5 Å². The molecule has 2 aromatic rings. The van der Waals surface area contributed by atoms with Crippen LogP contribution in [0.3, 0.4) is 0 Å². The van der Waals surface area contributed by atoms with Crippen molar-refractivity contribution in [3.63, 3.8) is 0 Å². The number of hydrogen-bond acceptors (Lipinski definition) is 6. The van der Waals surface area contributed by atoms with Crippen LogP contribution in [0.25, 0.3) is 10.9 Å². The number of aromatic nitrogens is 1. The molecule has 0 amide bonds. The molecule has 34 heavy (non-hydrogen) atoms. The van der Waals surface area contributed by atoms with Gasteiger partial charge >= 0.3 is 11.6 Å². The van der Waals surface area contributed by atoms with Gasteiger partial charge in [0.2, 0.25) is 0 Å². The number of hydrogen-bond donors (Lipinski definition) is 2. The minimum absolute atomic E-state index is 0.165. The summed E-state index contributed by atoms with van der Waals surface area (Å²) in [4.78, 5) is 33.3. The minimum atomic E-state index is -1.20. The van der Waals surface area contributed by atoms with Gasteiger partial charge in [0, 0.05) is 6.21 Å². The number of benzene rings is 1. The van der Waals surface area contributed by atoms with E-state index in [1.165, 1.54) is 0 Å². The van der Waals surface area contributed by atoms with Crippen molar-refractivity contribution in [2.45, 2.75) is 39.7 Å². The number of aryl methyl sites for hydroxylation is 2. The van der Waals surface area contributed by atoms with Gasteiger partial charge in [-0.15, -0.1) is 0 Å². The number of allylic oxidation sites excluding steroid dienone is 6. The molecule has 1 aromatic carbocycles. The van der Waals surface area contributed by atoms with E-state index in [0.717, 1.165) is 28.7 Å². The van der Waals surface area contributed by atoms with Crippen molar-refractivity contribution >= 4 is 29.1 Å². The van der Waals surface area contributed by atoms with E-state index < -0.39 is 17.6 Å². The number of carbonyl (C=O) groups is 1. The van der Waals surface area contributed by atoms with E-state index >= 15 is 0 Å². The van der Waals surface area contributed by atoms with Crippen molar-refractivity contribution < 1.29 is 14.3 Å². The van der Waals surface area contributed by atoms with Gasteiger partial charge in [0.15, 0.2) is 6.04 Å². The largest absolute Gasteiger partial charge is 0.479 e. The first kappa shape index (κ1) is 24.6. The summed E-state index contributed by atoms with van der Waals surface area (Å²) >= 11 is 0. The van der Waals surface area contributed by atoms with Gasteiger partial charge in [0.25, 0.3) is 6.01 Å². The summed E-state index contributed by atoms with van der Waals surface area (Å²) in [5.41, 5.74) is 4.10. The van der Waals surface area contributed by atoms with Gasteiger partial charge in [0.1, 0.15) is 0 Å². The molecule has 1 aliphatic heterocycles. The highest BCUT2D eigenvalue weighted by Gasteiger charge is 2.22. The first-order valence-corrected chi connectivity index (χ1v) is 11.1. The second-order valence-electron chi connectivity index (χ2n) is 8.01. The number of aliphatic imine (C=N–C) groups is 1. The molecule has 1 atom stereocenters. The normalized spacial score (nSPS) is 14.5. The number of anilines is 1. The van der Waals surface area contributed by atoms with Gasteiger partial charge in [-0.1, -0.05) is 50.0 Å². The van der Waals surface area contributed by atoms with E-state index in [1.54, 1.807) is 18.4 Å². The fraction of sp³-hybridized carbons (Fsp3) is 0.259. The number of aliphatic carboxylic acids is 1. The number of nitrogens with zero attached hydrogens (tertiary/aromatic N) is 2. The molecule has 2 heterocycles. The van der Waals surface area contributed by atoms with Gasteiger partial charge in [0.05, 0.1) is 17.4 Å². The lowest BCUT2D eigenvalue weighted by molar-refractivity contribution is -0.137. The fourth-order valence-electron chi connectivity index (χ4n) is 3.74. The third kappa shape index (κ3) is 5.86. The molecule has 0 spiro atoms. The minimum Gasteiger partial charge on any atom is -0.479 e. The molecule has 3 rings (SSSR count). The van der Waals surface area contributed by atoms with Crippen LogP contribution in [0, 0.1) is 13.8 Å². The van der Waals surface area contributed by atoms with E-state index in [-0.39, 0.29) is 6.01 Å². The fourth-order valence-corrected chi connectivity index (χ4v) is 3.74. The summed E-state index contributed by atoms with van der Waals surface area (Å²) < 4.78 is 5.38. The Morgan fingerprint density at radius 1 is 1.35 bits per heavy atom. The highest BCUT2D eigenvalue weighted by atomic mass is 16.4. The molecular weight excluding hydrogens is 430 g/mol. The predicted octanol–water partition coefficient (Wildman–Crippen LogP) is 4.86. The Bertz CT molecular complexity index is 1310. The lowest BCUT2D eigenvalue weighted by Gasteiger charge is -2.16. The second kappa shape index (κ2) is 11.2. The average Bonchev–Trinajstić information content (AvgIpc) is 3.06. The lowest BCUT2D eigenvalue weighted by atomic mass is 9.93. The first-order chi connectivity index (χ1) is 16.3. The van der Waals surface area contributed by atoms with E-state index in [2.05, 4.69) is 27.9 Å².